The molecule has 1 aromatic rings. The van der Waals surface area contributed by atoms with E-state index in [0.29, 0.717) is 5.92 Å². The van der Waals surface area contributed by atoms with Gasteiger partial charge in [0.25, 0.3) is 0 Å². The molecule has 0 aromatic heterocycles. The number of carbonyl (C=O) groups excluding carboxylic acids is 1. The molecule has 0 aliphatic carbocycles. The maximum atomic E-state index is 12.8. The van der Waals surface area contributed by atoms with Crippen molar-refractivity contribution in [3.63, 3.8) is 0 Å². The van der Waals surface area contributed by atoms with E-state index in [0.717, 1.165) is 36.4 Å². The molecule has 4 nitrogen and oxygen atoms in total. The van der Waals surface area contributed by atoms with Crippen molar-refractivity contribution in [3.8, 4) is 0 Å². The van der Waals surface area contributed by atoms with Gasteiger partial charge in [-0.25, -0.2) is 0 Å². The van der Waals surface area contributed by atoms with Crippen LogP contribution in [0.2, 0.25) is 0 Å². The maximum absolute atomic E-state index is 12.8. The van der Waals surface area contributed by atoms with Crippen molar-refractivity contribution < 1.29 is 4.79 Å². The Labute approximate surface area is 140 Å². The lowest BCUT2D eigenvalue weighted by molar-refractivity contribution is -0.122. The van der Waals surface area contributed by atoms with Crippen molar-refractivity contribution in [3.05, 3.63) is 23.8 Å². The number of aryl methyl sites for hydroxylation is 1. The Bertz CT molecular complexity index is 519. The van der Waals surface area contributed by atoms with E-state index in [1.165, 1.54) is 25.7 Å². The van der Waals surface area contributed by atoms with E-state index < -0.39 is 0 Å². The molecule has 23 heavy (non-hydrogen) atoms. The van der Waals surface area contributed by atoms with E-state index in [4.69, 9.17) is 5.73 Å². The summed E-state index contributed by atoms with van der Waals surface area (Å²) in [5.74, 6) is 0.380. The topological polar surface area (TPSA) is 58.4 Å². The maximum Gasteiger partial charge on any atom is 0.241 e. The average molecular weight is 317 g/mol. The van der Waals surface area contributed by atoms with Gasteiger partial charge in [-0.05, 0) is 56.0 Å². The molecular weight excluding hydrogens is 286 g/mol. The fraction of sp³-hybridized carbons (Fsp3) is 0.632. The fourth-order valence-electron chi connectivity index (χ4n) is 3.47. The molecule has 0 saturated carbocycles. The van der Waals surface area contributed by atoms with Crippen LogP contribution in [-0.4, -0.2) is 29.9 Å². The van der Waals surface area contributed by atoms with E-state index >= 15 is 0 Å². The van der Waals surface area contributed by atoms with Gasteiger partial charge < -0.3 is 11.1 Å². The fourth-order valence-corrected chi connectivity index (χ4v) is 3.47. The first-order valence-corrected chi connectivity index (χ1v) is 8.96. The van der Waals surface area contributed by atoms with Gasteiger partial charge in [-0.2, -0.15) is 0 Å². The van der Waals surface area contributed by atoms with Crippen LogP contribution in [0.4, 0.5) is 11.4 Å². The van der Waals surface area contributed by atoms with Crippen LogP contribution < -0.4 is 11.1 Å². The molecule has 1 saturated heterocycles. The van der Waals surface area contributed by atoms with Gasteiger partial charge >= 0.3 is 0 Å². The smallest absolute Gasteiger partial charge is 0.241 e. The number of nitrogens with one attached hydrogen (secondary N) is 1. The Hall–Kier alpha value is -1.55. The summed E-state index contributed by atoms with van der Waals surface area (Å²) in [5, 5.41) is 3.07. The van der Waals surface area contributed by atoms with Crippen molar-refractivity contribution in [2.24, 2.45) is 5.92 Å². The number of amides is 1. The minimum atomic E-state index is -0.0693. The van der Waals surface area contributed by atoms with Gasteiger partial charge in [-0.1, -0.05) is 39.7 Å². The molecule has 128 valence electrons. The molecule has 1 aromatic carbocycles. The first kappa shape index (κ1) is 17.8. The molecule has 1 aliphatic rings. The molecule has 1 amide bonds. The van der Waals surface area contributed by atoms with Gasteiger partial charge in [0.15, 0.2) is 0 Å². The lowest BCUT2D eigenvalue weighted by Crippen LogP contribution is -2.47. The Morgan fingerprint density at radius 2 is 1.87 bits per heavy atom. The normalized spacial score (nSPS) is 17.7. The van der Waals surface area contributed by atoms with Crippen molar-refractivity contribution >= 4 is 17.3 Å². The zero-order valence-corrected chi connectivity index (χ0v) is 14.8. The molecule has 1 fully saturated rings. The first-order chi connectivity index (χ1) is 11.0. The molecular formula is C19H31N3O. The highest BCUT2D eigenvalue weighted by atomic mass is 16.2. The standard InChI is InChI=1S/C19H31N3O/c1-4-15-9-10-16(13-17(15)20)21-19(23)18(14(2)3)22-11-7-5-6-8-12-22/h9-10,13-14,18H,4-8,11-12,20H2,1-3H3,(H,21,23). The van der Waals surface area contributed by atoms with E-state index in [-0.39, 0.29) is 11.9 Å². The minimum Gasteiger partial charge on any atom is -0.398 e. The third-order valence-corrected chi connectivity index (χ3v) is 4.73. The summed E-state index contributed by atoms with van der Waals surface area (Å²) in [7, 11) is 0. The van der Waals surface area contributed by atoms with Crippen LogP contribution >= 0.6 is 0 Å². The number of benzene rings is 1. The van der Waals surface area contributed by atoms with E-state index in [1.807, 2.05) is 18.2 Å². The van der Waals surface area contributed by atoms with Crippen LogP contribution in [0.5, 0.6) is 0 Å². The van der Waals surface area contributed by atoms with Gasteiger partial charge in [-0.15, -0.1) is 0 Å². The molecule has 1 heterocycles. The summed E-state index contributed by atoms with van der Waals surface area (Å²) in [6, 6.07) is 5.75. The molecule has 4 heteroatoms. The number of carbonyl (C=O) groups is 1. The van der Waals surface area contributed by atoms with Crippen LogP contribution in [0, 0.1) is 5.92 Å². The molecule has 1 atom stereocenters. The lowest BCUT2D eigenvalue weighted by atomic mass is 10.0. The van der Waals surface area contributed by atoms with Crippen molar-refractivity contribution in [2.75, 3.05) is 24.1 Å². The highest BCUT2D eigenvalue weighted by Crippen LogP contribution is 2.22. The van der Waals surface area contributed by atoms with Crippen LogP contribution in [0.25, 0.3) is 0 Å². The van der Waals surface area contributed by atoms with E-state index in [2.05, 4.69) is 31.0 Å². The van der Waals surface area contributed by atoms with Gasteiger partial charge in [0, 0.05) is 11.4 Å². The second-order valence-corrected chi connectivity index (χ2v) is 6.90. The Morgan fingerprint density at radius 3 is 2.39 bits per heavy atom. The molecule has 1 aliphatic heterocycles. The molecule has 2 rings (SSSR count). The quantitative estimate of drug-likeness (QED) is 0.815. The van der Waals surface area contributed by atoms with Crippen molar-refractivity contribution in [1.29, 1.82) is 0 Å². The SMILES string of the molecule is CCc1ccc(NC(=O)C(C(C)C)N2CCCCCC2)cc1N. The Morgan fingerprint density at radius 1 is 1.22 bits per heavy atom. The average Bonchev–Trinajstić information content (AvgIpc) is 2.76. The minimum absolute atomic E-state index is 0.0693. The molecule has 0 spiro atoms. The summed E-state index contributed by atoms with van der Waals surface area (Å²) in [6.45, 7) is 8.38. The summed E-state index contributed by atoms with van der Waals surface area (Å²) >= 11 is 0. The number of nitrogens with zero attached hydrogens (tertiary/aromatic N) is 1. The Kier molecular flexibility index (Phi) is 6.46. The van der Waals surface area contributed by atoms with E-state index in [1.54, 1.807) is 0 Å². The van der Waals surface area contributed by atoms with Crippen molar-refractivity contribution in [2.45, 2.75) is 58.9 Å². The monoisotopic (exact) mass is 317 g/mol. The first-order valence-electron chi connectivity index (χ1n) is 8.96. The number of rotatable bonds is 5. The highest BCUT2D eigenvalue weighted by molar-refractivity contribution is 5.95. The summed E-state index contributed by atoms with van der Waals surface area (Å²) < 4.78 is 0. The summed E-state index contributed by atoms with van der Waals surface area (Å²) in [4.78, 5) is 15.2. The largest absolute Gasteiger partial charge is 0.398 e. The zero-order valence-electron chi connectivity index (χ0n) is 14.8. The lowest BCUT2D eigenvalue weighted by Gasteiger charge is -2.32. The number of anilines is 2. The summed E-state index contributed by atoms with van der Waals surface area (Å²) in [6.07, 6.45) is 5.83. The zero-order chi connectivity index (χ0) is 16.8. The second kappa shape index (κ2) is 8.34. The predicted octanol–water partition coefficient (Wildman–Crippen LogP) is 3.67. The summed E-state index contributed by atoms with van der Waals surface area (Å²) in [5.41, 5.74) is 8.71. The number of nitrogen functional groups attached to an aromatic ring is 1. The number of nitrogens with two attached hydrogens (primary N) is 1. The second-order valence-electron chi connectivity index (χ2n) is 6.90. The van der Waals surface area contributed by atoms with Gasteiger partial charge in [0.2, 0.25) is 5.91 Å². The molecule has 0 bridgehead atoms. The third kappa shape index (κ3) is 4.71. The highest BCUT2D eigenvalue weighted by Gasteiger charge is 2.29. The number of hydrogen-bond acceptors (Lipinski definition) is 3. The van der Waals surface area contributed by atoms with Gasteiger partial charge in [-0.3, -0.25) is 9.69 Å². The van der Waals surface area contributed by atoms with Crippen LogP contribution in [-0.2, 0) is 11.2 Å². The number of hydrogen-bond donors (Lipinski definition) is 2. The molecule has 0 radical (unpaired) electrons. The molecule has 1 unspecified atom stereocenters. The predicted molar refractivity (Wildman–Crippen MR) is 97.5 cm³/mol. The molecule has 3 N–H and O–H groups in total. The van der Waals surface area contributed by atoms with Crippen LogP contribution in [0.3, 0.4) is 0 Å². The van der Waals surface area contributed by atoms with Gasteiger partial charge in [0.1, 0.15) is 0 Å². The van der Waals surface area contributed by atoms with Crippen LogP contribution in [0.1, 0.15) is 52.0 Å². The van der Waals surface area contributed by atoms with Gasteiger partial charge in [0.05, 0.1) is 6.04 Å². The van der Waals surface area contributed by atoms with Crippen molar-refractivity contribution in [1.82, 2.24) is 4.90 Å². The third-order valence-electron chi connectivity index (χ3n) is 4.73. The van der Waals surface area contributed by atoms with Crippen LogP contribution in [0.15, 0.2) is 18.2 Å². The number of likely N-dealkylation sites (tertiary alicyclic amines) is 1. The van der Waals surface area contributed by atoms with E-state index in [9.17, 15) is 4.79 Å². The Balaban J connectivity index is 2.10.